The Hall–Kier alpha value is -0.920. The Morgan fingerprint density at radius 1 is 0.938 bits per heavy atom. The van der Waals surface area contributed by atoms with Crippen LogP contribution in [0.25, 0.3) is 0 Å². The molecule has 1 aromatic heterocycles. The highest BCUT2D eigenvalue weighted by Crippen LogP contribution is 2.33. The van der Waals surface area contributed by atoms with E-state index in [2.05, 4.69) is 51.5 Å². The van der Waals surface area contributed by atoms with Gasteiger partial charge in [-0.3, -0.25) is 9.97 Å². The lowest BCUT2D eigenvalue weighted by molar-refractivity contribution is 0.433. The van der Waals surface area contributed by atoms with Gasteiger partial charge in [-0.25, -0.2) is 0 Å². The van der Waals surface area contributed by atoms with Gasteiger partial charge in [0.1, 0.15) is 0 Å². The molecule has 0 aliphatic heterocycles. The highest BCUT2D eigenvalue weighted by Gasteiger charge is 2.29. The maximum Gasteiger partial charge on any atom is 0.0680 e. The van der Waals surface area contributed by atoms with Crippen LogP contribution in [0, 0.1) is 0 Å². The molecule has 2 heteroatoms. The number of hydrogen-bond donors (Lipinski definition) is 0. The smallest absolute Gasteiger partial charge is 0.0680 e. The number of rotatable bonds is 3. The molecule has 1 rings (SSSR count). The molecule has 1 heterocycles. The van der Waals surface area contributed by atoms with Crippen molar-refractivity contribution < 1.29 is 0 Å². The van der Waals surface area contributed by atoms with Crippen LogP contribution in [0.1, 0.15) is 65.8 Å². The van der Waals surface area contributed by atoms with Crippen LogP contribution in [0.15, 0.2) is 12.4 Å². The van der Waals surface area contributed by atoms with E-state index in [-0.39, 0.29) is 10.8 Å². The van der Waals surface area contributed by atoms with E-state index in [4.69, 9.17) is 0 Å². The largest absolute Gasteiger partial charge is 0.257 e. The lowest BCUT2D eigenvalue weighted by atomic mass is 9.78. The van der Waals surface area contributed by atoms with Crippen LogP contribution in [-0.4, -0.2) is 9.97 Å². The van der Waals surface area contributed by atoms with Gasteiger partial charge in [0.15, 0.2) is 0 Å². The Kier molecular flexibility index (Phi) is 3.72. The predicted molar refractivity (Wildman–Crippen MR) is 68.7 cm³/mol. The van der Waals surface area contributed by atoms with Gasteiger partial charge in [-0.2, -0.15) is 0 Å². The molecule has 90 valence electrons. The predicted octanol–water partition coefficient (Wildman–Crippen LogP) is 3.85. The molecule has 0 aliphatic rings. The highest BCUT2D eigenvalue weighted by molar-refractivity contribution is 5.25. The molecule has 0 atom stereocenters. The van der Waals surface area contributed by atoms with E-state index < -0.39 is 0 Å². The molecule has 0 amide bonds. The number of nitrogens with zero attached hydrogens (tertiary/aromatic N) is 2. The highest BCUT2D eigenvalue weighted by atomic mass is 14.8. The first-order valence-electron chi connectivity index (χ1n) is 6.11. The summed E-state index contributed by atoms with van der Waals surface area (Å²) in [5.74, 6) is 0. The zero-order chi connectivity index (χ0) is 12.4. The van der Waals surface area contributed by atoms with Gasteiger partial charge in [-0.05, 0) is 6.42 Å². The van der Waals surface area contributed by atoms with E-state index in [9.17, 15) is 0 Å². The molecule has 0 saturated carbocycles. The minimum absolute atomic E-state index is 0.0641. The van der Waals surface area contributed by atoms with Gasteiger partial charge in [-0.15, -0.1) is 0 Å². The van der Waals surface area contributed by atoms with Crippen molar-refractivity contribution in [1.82, 2.24) is 9.97 Å². The van der Waals surface area contributed by atoms with Crippen molar-refractivity contribution in [2.45, 2.75) is 65.2 Å². The summed E-state index contributed by atoms with van der Waals surface area (Å²) >= 11 is 0. The van der Waals surface area contributed by atoms with Gasteiger partial charge in [0.05, 0.1) is 11.4 Å². The Balaban J connectivity index is 3.23. The molecule has 0 unspecified atom stereocenters. The minimum Gasteiger partial charge on any atom is -0.257 e. The maximum absolute atomic E-state index is 4.57. The second kappa shape index (κ2) is 4.52. The second-order valence-corrected chi connectivity index (χ2v) is 6.14. The fourth-order valence-electron chi connectivity index (χ4n) is 2.13. The maximum atomic E-state index is 4.57. The average Bonchev–Trinajstić information content (AvgIpc) is 2.16. The van der Waals surface area contributed by atoms with E-state index in [0.717, 1.165) is 17.8 Å². The fraction of sp³-hybridized carbons (Fsp3) is 0.714. The normalized spacial score (nSPS) is 12.9. The van der Waals surface area contributed by atoms with Gasteiger partial charge < -0.3 is 0 Å². The summed E-state index contributed by atoms with van der Waals surface area (Å²) in [7, 11) is 0. The van der Waals surface area contributed by atoms with Crippen molar-refractivity contribution in [2.75, 3.05) is 0 Å². The molecule has 1 aromatic rings. The van der Waals surface area contributed by atoms with E-state index in [1.165, 1.54) is 6.42 Å². The monoisotopic (exact) mass is 220 g/mol. The molecule has 0 spiro atoms. The van der Waals surface area contributed by atoms with Crippen LogP contribution < -0.4 is 0 Å². The molecule has 0 radical (unpaired) electrons. The van der Waals surface area contributed by atoms with Crippen molar-refractivity contribution in [3.05, 3.63) is 23.8 Å². The Bertz CT molecular complexity index is 348. The molecule has 16 heavy (non-hydrogen) atoms. The zero-order valence-corrected chi connectivity index (χ0v) is 11.5. The van der Waals surface area contributed by atoms with E-state index >= 15 is 0 Å². The lowest BCUT2D eigenvalue weighted by Crippen LogP contribution is -2.27. The third kappa shape index (κ3) is 2.81. The summed E-state index contributed by atoms with van der Waals surface area (Å²) in [4.78, 5) is 9.11. The quantitative estimate of drug-likeness (QED) is 0.773. The average molecular weight is 220 g/mol. The second-order valence-electron chi connectivity index (χ2n) is 6.14. The molecular weight excluding hydrogens is 196 g/mol. The minimum atomic E-state index is 0.0641. The molecule has 0 aromatic carbocycles. The Morgan fingerprint density at radius 2 is 1.44 bits per heavy atom. The number of hydrogen-bond acceptors (Lipinski definition) is 2. The van der Waals surface area contributed by atoms with Crippen molar-refractivity contribution >= 4 is 0 Å². The number of aromatic nitrogens is 2. The van der Waals surface area contributed by atoms with Crippen molar-refractivity contribution in [1.29, 1.82) is 0 Å². The van der Waals surface area contributed by atoms with Crippen molar-refractivity contribution in [3.8, 4) is 0 Å². The summed E-state index contributed by atoms with van der Waals surface area (Å²) < 4.78 is 0. The Morgan fingerprint density at radius 3 is 1.88 bits per heavy atom. The van der Waals surface area contributed by atoms with Gasteiger partial charge in [0, 0.05) is 23.2 Å². The first-order chi connectivity index (χ1) is 7.29. The van der Waals surface area contributed by atoms with E-state index in [1.54, 1.807) is 6.20 Å². The standard InChI is InChI=1S/C14H24N2/c1-7-8-14(5,6)12-11(13(2,3)4)15-9-10-16-12/h9-10H,7-8H2,1-6H3. The molecular formula is C14H24N2. The SMILES string of the molecule is CCCC(C)(C)c1nccnc1C(C)(C)C. The van der Waals surface area contributed by atoms with Gasteiger partial charge >= 0.3 is 0 Å². The van der Waals surface area contributed by atoms with Crippen LogP contribution in [0.5, 0.6) is 0 Å². The van der Waals surface area contributed by atoms with Gasteiger partial charge in [-0.1, -0.05) is 48.0 Å². The van der Waals surface area contributed by atoms with Gasteiger partial charge in [0.25, 0.3) is 0 Å². The summed E-state index contributed by atoms with van der Waals surface area (Å²) in [6, 6.07) is 0. The third-order valence-electron chi connectivity index (χ3n) is 2.92. The summed E-state index contributed by atoms with van der Waals surface area (Å²) in [5, 5.41) is 0. The first kappa shape index (κ1) is 13.1. The molecule has 0 N–H and O–H groups in total. The van der Waals surface area contributed by atoms with Crippen LogP contribution in [0.3, 0.4) is 0 Å². The third-order valence-corrected chi connectivity index (χ3v) is 2.92. The lowest BCUT2D eigenvalue weighted by Gasteiger charge is -2.29. The zero-order valence-electron chi connectivity index (χ0n) is 11.5. The molecule has 0 bridgehead atoms. The van der Waals surface area contributed by atoms with Crippen molar-refractivity contribution in [2.24, 2.45) is 0 Å². The first-order valence-corrected chi connectivity index (χ1v) is 6.11. The van der Waals surface area contributed by atoms with Crippen molar-refractivity contribution in [3.63, 3.8) is 0 Å². The summed E-state index contributed by atoms with van der Waals surface area (Å²) in [5.41, 5.74) is 2.47. The van der Waals surface area contributed by atoms with Gasteiger partial charge in [0.2, 0.25) is 0 Å². The van der Waals surface area contributed by atoms with Crippen LogP contribution in [0.2, 0.25) is 0 Å². The Labute approximate surface area is 99.5 Å². The topological polar surface area (TPSA) is 25.8 Å². The molecule has 2 nitrogen and oxygen atoms in total. The van der Waals surface area contributed by atoms with Crippen LogP contribution in [-0.2, 0) is 10.8 Å². The van der Waals surface area contributed by atoms with Crippen LogP contribution in [0.4, 0.5) is 0 Å². The van der Waals surface area contributed by atoms with E-state index in [1.807, 2.05) is 6.20 Å². The van der Waals surface area contributed by atoms with E-state index in [0.29, 0.717) is 0 Å². The summed E-state index contributed by atoms with van der Waals surface area (Å²) in [6.45, 7) is 13.3. The summed E-state index contributed by atoms with van der Waals surface area (Å²) in [6.07, 6.45) is 5.93. The van der Waals surface area contributed by atoms with Crippen LogP contribution >= 0.6 is 0 Å². The fourth-order valence-corrected chi connectivity index (χ4v) is 2.13. The molecule has 0 aliphatic carbocycles. The molecule has 0 saturated heterocycles. The molecule has 0 fully saturated rings.